The van der Waals surface area contributed by atoms with E-state index in [1.54, 1.807) is 0 Å². The van der Waals surface area contributed by atoms with E-state index in [-0.39, 0.29) is 5.66 Å². The van der Waals surface area contributed by atoms with Crippen molar-refractivity contribution in [3.05, 3.63) is 0 Å². The molecule has 4 heteroatoms. The van der Waals surface area contributed by atoms with Crippen LogP contribution in [-0.2, 0) is 0 Å². The van der Waals surface area contributed by atoms with Gasteiger partial charge in [0.25, 0.3) is 0 Å². The monoisotopic (exact) mass is 197 g/mol. The normalized spacial score (nSPS) is 8.08. The zero-order valence-electron chi connectivity index (χ0n) is 8.41. The zero-order chi connectivity index (χ0) is 11.1. The molecule has 0 aliphatic carbocycles. The number of nitriles is 3. The van der Waals surface area contributed by atoms with Crippen molar-refractivity contribution in [2.75, 3.05) is 0 Å². The molecule has 0 aliphatic heterocycles. The summed E-state index contributed by atoms with van der Waals surface area (Å²) in [6.45, 7) is 5.46. The summed E-state index contributed by atoms with van der Waals surface area (Å²) in [7, 11) is 2.37. The van der Waals surface area contributed by atoms with Crippen LogP contribution in [0.4, 0.5) is 0 Å². The summed E-state index contributed by atoms with van der Waals surface area (Å²) < 4.78 is 0. The van der Waals surface area contributed by atoms with E-state index in [9.17, 15) is 0 Å². The lowest BCUT2D eigenvalue weighted by Crippen LogP contribution is -1.75. The minimum atomic E-state index is 0.106. The first-order valence-electron chi connectivity index (χ1n) is 3.99. The van der Waals surface area contributed by atoms with Crippen molar-refractivity contribution in [3.63, 3.8) is 0 Å². The molecule has 0 aliphatic rings. The number of rotatable bonds is 0. The molecule has 0 saturated heterocycles. The van der Waals surface area contributed by atoms with Crippen LogP contribution in [0.3, 0.4) is 0 Å². The topological polar surface area (TPSA) is 71.4 Å². The second kappa shape index (κ2) is 22.4. The van der Waals surface area contributed by atoms with Gasteiger partial charge in [-0.05, 0) is 6.92 Å². The summed E-state index contributed by atoms with van der Waals surface area (Å²) in [5, 5.41) is 23.1. The van der Waals surface area contributed by atoms with Crippen molar-refractivity contribution in [3.8, 4) is 18.2 Å². The Labute approximate surface area is 83.2 Å². The van der Waals surface area contributed by atoms with Crippen molar-refractivity contribution >= 4 is 9.24 Å². The SMILES string of the molecule is CC(P)C#N.CCC#N.CCC#N. The van der Waals surface area contributed by atoms with Crippen molar-refractivity contribution in [2.45, 2.75) is 39.3 Å². The molecule has 0 heterocycles. The summed E-state index contributed by atoms with van der Waals surface area (Å²) in [4.78, 5) is 0. The van der Waals surface area contributed by atoms with Crippen molar-refractivity contribution in [1.29, 1.82) is 15.8 Å². The highest BCUT2D eigenvalue weighted by Crippen LogP contribution is 1.90. The van der Waals surface area contributed by atoms with Gasteiger partial charge in [0, 0.05) is 12.8 Å². The van der Waals surface area contributed by atoms with Crippen LogP contribution >= 0.6 is 9.24 Å². The van der Waals surface area contributed by atoms with Crippen LogP contribution in [-0.4, -0.2) is 5.66 Å². The maximum Gasteiger partial charge on any atom is 0.0694 e. The maximum atomic E-state index is 7.87. The summed E-state index contributed by atoms with van der Waals surface area (Å²) in [5.41, 5.74) is 0.106. The molecule has 0 radical (unpaired) electrons. The van der Waals surface area contributed by atoms with Crippen molar-refractivity contribution in [2.24, 2.45) is 0 Å². The molecule has 0 aromatic rings. The fraction of sp³-hybridized carbons (Fsp3) is 0.667. The third kappa shape index (κ3) is 103. The fourth-order valence-electron chi connectivity index (χ4n) is 0. The minimum absolute atomic E-state index is 0.106. The van der Waals surface area contributed by atoms with Crippen LogP contribution in [0.5, 0.6) is 0 Å². The molecule has 0 amide bonds. The molecule has 0 bridgehead atoms. The van der Waals surface area contributed by atoms with Gasteiger partial charge in [0.2, 0.25) is 0 Å². The predicted octanol–water partition coefficient (Wildman–Crippen LogP) is 2.61. The molecule has 0 aromatic carbocycles. The Hall–Kier alpha value is -1.10. The Balaban J connectivity index is -0.000000117. The molecule has 3 nitrogen and oxygen atoms in total. The van der Waals surface area contributed by atoms with E-state index in [2.05, 4.69) is 9.24 Å². The Morgan fingerprint density at radius 2 is 1.23 bits per heavy atom. The third-order valence-corrected chi connectivity index (χ3v) is 0.669. The van der Waals surface area contributed by atoms with Crippen LogP contribution in [0.15, 0.2) is 0 Å². The van der Waals surface area contributed by atoms with E-state index in [0.29, 0.717) is 12.8 Å². The Morgan fingerprint density at radius 1 is 1.08 bits per heavy atom. The summed E-state index contributed by atoms with van der Waals surface area (Å²) in [6.07, 6.45) is 1.25. The molecule has 0 saturated carbocycles. The molecule has 0 N–H and O–H groups in total. The first-order chi connectivity index (χ1) is 6.10. The van der Waals surface area contributed by atoms with Crippen molar-refractivity contribution < 1.29 is 0 Å². The predicted molar refractivity (Wildman–Crippen MR) is 56.6 cm³/mol. The smallest absolute Gasteiger partial charge is 0.0694 e. The highest BCUT2D eigenvalue weighted by Gasteiger charge is 1.78. The van der Waals surface area contributed by atoms with Gasteiger partial charge in [-0.3, -0.25) is 0 Å². The highest BCUT2D eigenvalue weighted by atomic mass is 31.0. The van der Waals surface area contributed by atoms with E-state index in [0.717, 1.165) is 0 Å². The average molecular weight is 197 g/mol. The summed E-state index contributed by atoms with van der Waals surface area (Å²) in [6, 6.07) is 5.85. The van der Waals surface area contributed by atoms with Gasteiger partial charge in [-0.15, -0.1) is 9.24 Å². The lowest BCUT2D eigenvalue weighted by molar-refractivity contribution is 1.22. The van der Waals surface area contributed by atoms with Crippen LogP contribution in [0, 0.1) is 34.0 Å². The molecule has 72 valence electrons. The molecule has 0 rings (SSSR count). The molecule has 13 heavy (non-hydrogen) atoms. The Kier molecular flexibility index (Phi) is 30.8. The molecular formula is C9H16N3P. The number of hydrogen-bond acceptors (Lipinski definition) is 3. The van der Waals surface area contributed by atoms with E-state index < -0.39 is 0 Å². The van der Waals surface area contributed by atoms with E-state index in [4.69, 9.17) is 15.8 Å². The molecule has 0 aromatic heterocycles. The lowest BCUT2D eigenvalue weighted by atomic mass is 10.5. The van der Waals surface area contributed by atoms with Gasteiger partial charge in [0.1, 0.15) is 0 Å². The second-order valence-electron chi connectivity index (χ2n) is 1.94. The van der Waals surface area contributed by atoms with Crippen molar-refractivity contribution in [1.82, 2.24) is 0 Å². The van der Waals surface area contributed by atoms with Gasteiger partial charge >= 0.3 is 0 Å². The maximum absolute atomic E-state index is 7.87. The van der Waals surface area contributed by atoms with E-state index in [1.807, 2.05) is 39.0 Å². The summed E-state index contributed by atoms with van der Waals surface area (Å²) >= 11 is 0. The van der Waals surface area contributed by atoms with E-state index in [1.165, 1.54) is 0 Å². The standard InChI is InChI=1S/C3H6NP.2C3H5N/c1-3(5)2-4;2*1-2-3-4/h3H,5H2,1H3;2*2H2,1H3. The van der Waals surface area contributed by atoms with E-state index >= 15 is 0 Å². The molecule has 0 fully saturated rings. The summed E-state index contributed by atoms with van der Waals surface area (Å²) in [5.74, 6) is 0. The minimum Gasteiger partial charge on any atom is -0.198 e. The van der Waals surface area contributed by atoms with Crippen LogP contribution < -0.4 is 0 Å². The van der Waals surface area contributed by atoms with Gasteiger partial charge in [0.15, 0.2) is 0 Å². The Morgan fingerprint density at radius 3 is 1.23 bits per heavy atom. The molecule has 2 atom stereocenters. The van der Waals surface area contributed by atoms with Crippen LogP contribution in [0.2, 0.25) is 0 Å². The highest BCUT2D eigenvalue weighted by molar-refractivity contribution is 7.18. The van der Waals surface area contributed by atoms with Gasteiger partial charge in [-0.25, -0.2) is 0 Å². The van der Waals surface area contributed by atoms with Gasteiger partial charge < -0.3 is 0 Å². The molecule has 0 spiro atoms. The lowest BCUT2D eigenvalue weighted by Gasteiger charge is -1.76. The van der Waals surface area contributed by atoms with Crippen LogP contribution in [0.25, 0.3) is 0 Å². The van der Waals surface area contributed by atoms with Gasteiger partial charge in [-0.2, -0.15) is 15.8 Å². The average Bonchev–Trinajstić information content (AvgIpc) is 2.18. The fourth-order valence-corrected chi connectivity index (χ4v) is 0. The largest absolute Gasteiger partial charge is 0.198 e. The number of hydrogen-bond donors (Lipinski definition) is 0. The first kappa shape index (κ1) is 17.8. The zero-order valence-corrected chi connectivity index (χ0v) is 9.57. The van der Waals surface area contributed by atoms with Gasteiger partial charge in [0.05, 0.1) is 23.9 Å². The Bertz CT molecular complexity index is 178. The quantitative estimate of drug-likeness (QED) is 0.560. The first-order valence-corrected chi connectivity index (χ1v) is 4.66. The second-order valence-corrected chi connectivity index (χ2v) is 2.94. The molecule has 2 unspecified atom stereocenters. The van der Waals surface area contributed by atoms with Crippen LogP contribution in [0.1, 0.15) is 33.6 Å². The third-order valence-electron chi connectivity index (χ3n) is 0.520. The number of nitrogens with zero attached hydrogens (tertiary/aromatic N) is 3. The molecular weight excluding hydrogens is 181 g/mol. The van der Waals surface area contributed by atoms with Gasteiger partial charge in [-0.1, -0.05) is 13.8 Å².